The highest BCUT2D eigenvalue weighted by atomic mass is 35.5. The van der Waals surface area contributed by atoms with Crippen molar-refractivity contribution >= 4 is 28.1 Å². The smallest absolute Gasteiger partial charge is 0.264 e. The number of halogens is 1. The van der Waals surface area contributed by atoms with Gasteiger partial charge in [-0.1, -0.05) is 24.6 Å². The van der Waals surface area contributed by atoms with Gasteiger partial charge in [0.05, 0.1) is 17.7 Å². The van der Waals surface area contributed by atoms with E-state index >= 15 is 0 Å². The number of rotatable bonds is 7. The molecular weight excluding hydrogens is 446 g/mol. The predicted molar refractivity (Wildman–Crippen MR) is 131 cm³/mol. The Morgan fingerprint density at radius 2 is 1.72 bits per heavy atom. The molecule has 1 aromatic heterocycles. The Morgan fingerprint density at radius 3 is 2.41 bits per heavy atom. The van der Waals surface area contributed by atoms with E-state index in [0.29, 0.717) is 11.4 Å². The minimum Gasteiger partial charge on any atom is -0.496 e. The molecule has 2 aromatic carbocycles. The highest BCUT2D eigenvalue weighted by molar-refractivity contribution is 7.92. The average Bonchev–Trinajstić information content (AvgIpc) is 3.27. The van der Waals surface area contributed by atoms with Crippen LogP contribution in [-0.2, 0) is 16.6 Å². The molecule has 1 fully saturated rings. The molecule has 6 nitrogen and oxygen atoms in total. The molecule has 0 aliphatic carbocycles. The van der Waals surface area contributed by atoms with Crippen LogP contribution in [0.3, 0.4) is 0 Å². The zero-order valence-corrected chi connectivity index (χ0v) is 20.1. The number of hydrogen-bond acceptors (Lipinski definition) is 4. The van der Waals surface area contributed by atoms with Crippen molar-refractivity contribution in [1.82, 2.24) is 9.88 Å². The summed E-state index contributed by atoms with van der Waals surface area (Å²) in [7, 11) is -0.579. The van der Waals surface area contributed by atoms with E-state index in [4.69, 9.17) is 4.74 Å². The molecule has 0 saturated carbocycles. The van der Waals surface area contributed by atoms with Crippen molar-refractivity contribution in [2.45, 2.75) is 30.7 Å². The van der Waals surface area contributed by atoms with Crippen LogP contribution < -0.4 is 9.04 Å². The third kappa shape index (κ3) is 5.11. The van der Waals surface area contributed by atoms with Crippen LogP contribution in [0.1, 0.15) is 25.0 Å². The van der Waals surface area contributed by atoms with Gasteiger partial charge in [-0.2, -0.15) is 0 Å². The number of hydrogen-bond donors (Lipinski definition) is 1. The maximum atomic E-state index is 13.1. The van der Waals surface area contributed by atoms with Crippen LogP contribution in [0.2, 0.25) is 0 Å². The van der Waals surface area contributed by atoms with E-state index in [0.717, 1.165) is 36.6 Å². The lowest BCUT2D eigenvalue weighted by molar-refractivity contribution is 0.219. The van der Waals surface area contributed by atoms with Gasteiger partial charge in [-0.15, -0.1) is 12.4 Å². The summed E-state index contributed by atoms with van der Waals surface area (Å²) in [5.74, 6) is 0.522. The van der Waals surface area contributed by atoms with E-state index in [1.807, 2.05) is 24.3 Å². The average molecular weight is 476 g/mol. The third-order valence-electron chi connectivity index (χ3n) is 5.83. The lowest BCUT2D eigenvalue weighted by Gasteiger charge is -2.25. The fraction of sp³-hybridized carbons (Fsp3) is 0.333. The van der Waals surface area contributed by atoms with Crippen molar-refractivity contribution in [3.63, 3.8) is 0 Å². The molecule has 1 aliphatic heterocycles. The van der Waals surface area contributed by atoms with Crippen LogP contribution in [-0.4, -0.2) is 45.5 Å². The fourth-order valence-corrected chi connectivity index (χ4v) is 5.25. The molecule has 1 saturated heterocycles. The lowest BCUT2D eigenvalue weighted by atomic mass is 10.1. The SMILES string of the molecule is COc1cc(S(=O)(=O)N(C)c2ccccc2)ccc1-c1ccc(CN2CCCCC2)[nH]1.Cl. The first kappa shape index (κ1) is 24.2. The van der Waals surface area contributed by atoms with Crippen molar-refractivity contribution in [2.24, 2.45) is 0 Å². The van der Waals surface area contributed by atoms with Crippen molar-refractivity contribution in [3.05, 3.63) is 66.4 Å². The van der Waals surface area contributed by atoms with Gasteiger partial charge < -0.3 is 9.72 Å². The van der Waals surface area contributed by atoms with Crippen molar-refractivity contribution in [3.8, 4) is 17.0 Å². The molecule has 3 aromatic rings. The van der Waals surface area contributed by atoms with E-state index in [-0.39, 0.29) is 17.3 Å². The van der Waals surface area contributed by atoms with Gasteiger partial charge in [0.25, 0.3) is 10.0 Å². The first-order valence-electron chi connectivity index (χ1n) is 10.6. The molecule has 0 unspecified atom stereocenters. The molecule has 32 heavy (non-hydrogen) atoms. The van der Waals surface area contributed by atoms with E-state index < -0.39 is 10.0 Å². The van der Waals surface area contributed by atoms with Gasteiger partial charge in [0, 0.05) is 36.6 Å². The zero-order chi connectivity index (χ0) is 21.8. The number of likely N-dealkylation sites (tertiary alicyclic amines) is 1. The summed E-state index contributed by atoms with van der Waals surface area (Å²) < 4.78 is 33.1. The Bertz CT molecular complexity index is 1130. The summed E-state index contributed by atoms with van der Waals surface area (Å²) in [4.78, 5) is 6.13. The maximum Gasteiger partial charge on any atom is 0.264 e. The number of aromatic amines is 1. The number of piperidine rings is 1. The molecule has 172 valence electrons. The summed E-state index contributed by atoms with van der Waals surface area (Å²) >= 11 is 0. The topological polar surface area (TPSA) is 65.6 Å². The normalized spacial score (nSPS) is 14.6. The van der Waals surface area contributed by atoms with E-state index in [1.165, 1.54) is 23.6 Å². The molecule has 0 radical (unpaired) electrons. The Hall–Kier alpha value is -2.48. The Balaban J connectivity index is 0.00000289. The molecule has 0 spiro atoms. The summed E-state index contributed by atoms with van der Waals surface area (Å²) in [6.45, 7) is 3.18. The molecule has 2 heterocycles. The summed E-state index contributed by atoms with van der Waals surface area (Å²) in [6.07, 6.45) is 3.84. The Labute approximate surface area is 196 Å². The number of sulfonamides is 1. The second-order valence-corrected chi connectivity index (χ2v) is 9.87. The second kappa shape index (κ2) is 10.4. The number of anilines is 1. The summed E-state index contributed by atoms with van der Waals surface area (Å²) in [5.41, 5.74) is 3.52. The highest BCUT2D eigenvalue weighted by Gasteiger charge is 2.23. The number of nitrogens with zero attached hydrogens (tertiary/aromatic N) is 2. The van der Waals surface area contributed by atoms with E-state index in [1.54, 1.807) is 44.5 Å². The van der Waals surface area contributed by atoms with Crippen molar-refractivity contribution in [2.75, 3.05) is 31.6 Å². The third-order valence-corrected chi connectivity index (χ3v) is 7.61. The van der Waals surface area contributed by atoms with Gasteiger partial charge in [0.2, 0.25) is 0 Å². The van der Waals surface area contributed by atoms with E-state index in [9.17, 15) is 8.42 Å². The minimum absolute atomic E-state index is 0. The van der Waals surface area contributed by atoms with Gasteiger partial charge in [-0.3, -0.25) is 9.21 Å². The summed E-state index contributed by atoms with van der Waals surface area (Å²) in [5, 5.41) is 0. The number of ether oxygens (including phenoxy) is 1. The standard InChI is InChI=1S/C24H29N3O3S.ClH/c1-26(20-9-5-3-6-10-20)31(28,29)21-12-13-22(24(17-21)30-2)23-14-11-19(25-23)18-27-15-7-4-8-16-27;/h3,5-6,9-14,17,25H,4,7-8,15-16,18H2,1-2H3;1H. The van der Waals surface area contributed by atoms with Crippen LogP contribution in [0.15, 0.2) is 65.6 Å². The highest BCUT2D eigenvalue weighted by Crippen LogP contribution is 2.33. The molecule has 8 heteroatoms. The molecule has 1 aliphatic rings. The van der Waals surface area contributed by atoms with Gasteiger partial charge in [-0.05, 0) is 62.3 Å². The van der Waals surface area contributed by atoms with Gasteiger partial charge in [0.15, 0.2) is 0 Å². The number of nitrogens with one attached hydrogen (secondary N) is 1. The number of benzene rings is 2. The van der Waals surface area contributed by atoms with Gasteiger partial charge in [-0.25, -0.2) is 8.42 Å². The first-order valence-corrected chi connectivity index (χ1v) is 12.1. The first-order chi connectivity index (χ1) is 15.0. The second-order valence-electron chi connectivity index (χ2n) is 7.90. The number of para-hydroxylation sites is 1. The number of aromatic nitrogens is 1. The molecule has 0 atom stereocenters. The van der Waals surface area contributed by atoms with Crippen LogP contribution in [0.4, 0.5) is 5.69 Å². The largest absolute Gasteiger partial charge is 0.496 e. The van der Waals surface area contributed by atoms with Crippen molar-refractivity contribution < 1.29 is 13.2 Å². The fourth-order valence-electron chi connectivity index (χ4n) is 4.04. The number of methoxy groups -OCH3 is 1. The van der Waals surface area contributed by atoms with Crippen LogP contribution in [0, 0.1) is 0 Å². The van der Waals surface area contributed by atoms with Crippen LogP contribution in [0.25, 0.3) is 11.3 Å². The summed E-state index contributed by atoms with van der Waals surface area (Å²) in [6, 6.07) is 18.2. The van der Waals surface area contributed by atoms with Crippen LogP contribution in [0.5, 0.6) is 5.75 Å². The molecule has 1 N–H and O–H groups in total. The molecule has 0 amide bonds. The monoisotopic (exact) mass is 475 g/mol. The Morgan fingerprint density at radius 1 is 1.00 bits per heavy atom. The molecular formula is C24H30ClN3O3S. The lowest BCUT2D eigenvalue weighted by Crippen LogP contribution is -2.29. The molecule has 0 bridgehead atoms. The van der Waals surface area contributed by atoms with Gasteiger partial charge in [0.1, 0.15) is 5.75 Å². The quantitative estimate of drug-likeness (QED) is 0.526. The van der Waals surface area contributed by atoms with E-state index in [2.05, 4.69) is 16.0 Å². The minimum atomic E-state index is -3.70. The predicted octanol–water partition coefficient (Wildman–Crippen LogP) is 4.92. The maximum absolute atomic E-state index is 13.1. The van der Waals surface area contributed by atoms with Crippen molar-refractivity contribution in [1.29, 1.82) is 0 Å². The van der Waals surface area contributed by atoms with Crippen LogP contribution >= 0.6 is 12.4 Å². The molecule has 4 rings (SSSR count). The Kier molecular flexibility index (Phi) is 7.87. The van der Waals surface area contributed by atoms with Gasteiger partial charge >= 0.3 is 0 Å². The number of H-pyrrole nitrogens is 1. The zero-order valence-electron chi connectivity index (χ0n) is 18.5.